The van der Waals surface area contributed by atoms with Crippen molar-refractivity contribution < 1.29 is 5.11 Å². The monoisotopic (exact) mass is 271 g/mol. The van der Waals surface area contributed by atoms with Crippen molar-refractivity contribution >= 4 is 15.9 Å². The van der Waals surface area contributed by atoms with Crippen molar-refractivity contribution in [2.45, 2.75) is 32.7 Å². The summed E-state index contributed by atoms with van der Waals surface area (Å²) in [7, 11) is 0. The van der Waals surface area contributed by atoms with E-state index in [9.17, 15) is 0 Å². The van der Waals surface area contributed by atoms with E-state index in [4.69, 9.17) is 10.8 Å². The predicted octanol–water partition coefficient (Wildman–Crippen LogP) is 2.32. The van der Waals surface area contributed by atoms with Gasteiger partial charge in [0.05, 0.1) is 6.61 Å². The number of aliphatic hydroxyl groups excluding tert-OH is 1. The maximum atomic E-state index is 9.11. The minimum absolute atomic E-state index is 0.00115. The van der Waals surface area contributed by atoms with Crippen LogP contribution in [0.3, 0.4) is 0 Å². The highest BCUT2D eigenvalue weighted by molar-refractivity contribution is 9.10. The van der Waals surface area contributed by atoms with Crippen LogP contribution in [0.2, 0.25) is 0 Å². The van der Waals surface area contributed by atoms with E-state index in [1.807, 2.05) is 6.92 Å². The van der Waals surface area contributed by atoms with Crippen molar-refractivity contribution in [1.29, 1.82) is 0 Å². The topological polar surface area (TPSA) is 46.2 Å². The highest BCUT2D eigenvalue weighted by Crippen LogP contribution is 2.24. The molecule has 2 nitrogen and oxygen atoms in total. The molecular formula is C12H18BrNO. The van der Waals surface area contributed by atoms with Crippen LogP contribution in [0.5, 0.6) is 0 Å². The Labute approximate surface area is 99.6 Å². The Bertz CT molecular complexity index is 338. The van der Waals surface area contributed by atoms with Gasteiger partial charge in [-0.05, 0) is 43.9 Å². The summed E-state index contributed by atoms with van der Waals surface area (Å²) in [4.78, 5) is 0. The van der Waals surface area contributed by atoms with Crippen molar-refractivity contribution in [2.75, 3.05) is 6.61 Å². The van der Waals surface area contributed by atoms with Gasteiger partial charge in [0.2, 0.25) is 0 Å². The first-order chi connectivity index (χ1) is 6.85. The summed E-state index contributed by atoms with van der Waals surface area (Å²) < 4.78 is 1.15. The van der Waals surface area contributed by atoms with E-state index in [2.05, 4.69) is 41.9 Å². The highest BCUT2D eigenvalue weighted by atomic mass is 79.9. The third-order valence-electron chi connectivity index (χ3n) is 2.47. The van der Waals surface area contributed by atoms with E-state index in [1.165, 1.54) is 16.7 Å². The van der Waals surface area contributed by atoms with Crippen molar-refractivity contribution in [1.82, 2.24) is 0 Å². The molecule has 0 aliphatic heterocycles. The maximum Gasteiger partial charge on any atom is 0.0611 e. The van der Waals surface area contributed by atoms with Crippen molar-refractivity contribution in [3.63, 3.8) is 0 Å². The zero-order chi connectivity index (χ0) is 11.6. The molecule has 3 N–H and O–H groups in total. The lowest BCUT2D eigenvalue weighted by Crippen LogP contribution is -2.42. The molecular weight excluding hydrogens is 254 g/mol. The lowest BCUT2D eigenvalue weighted by molar-refractivity contribution is 0.208. The Balaban J connectivity index is 2.98. The van der Waals surface area contributed by atoms with Gasteiger partial charge in [0.1, 0.15) is 0 Å². The molecule has 0 radical (unpaired) electrons. The highest BCUT2D eigenvalue weighted by Gasteiger charge is 2.18. The molecule has 1 aromatic carbocycles. The summed E-state index contributed by atoms with van der Waals surface area (Å²) in [5, 5.41) is 9.11. The van der Waals surface area contributed by atoms with Crippen LogP contribution in [-0.2, 0) is 6.42 Å². The number of hydrogen-bond acceptors (Lipinski definition) is 2. The van der Waals surface area contributed by atoms with Crippen LogP contribution < -0.4 is 5.73 Å². The number of rotatable bonds is 3. The maximum absolute atomic E-state index is 9.11. The molecule has 1 aromatic rings. The minimum atomic E-state index is -0.535. The number of aryl methyl sites for hydroxylation is 2. The van der Waals surface area contributed by atoms with Crippen molar-refractivity contribution in [2.24, 2.45) is 5.73 Å². The lowest BCUT2D eigenvalue weighted by atomic mass is 9.93. The van der Waals surface area contributed by atoms with Crippen LogP contribution in [0.15, 0.2) is 16.6 Å². The molecule has 0 fully saturated rings. The van der Waals surface area contributed by atoms with E-state index in [0.717, 1.165) is 4.47 Å². The van der Waals surface area contributed by atoms with Gasteiger partial charge in [-0.15, -0.1) is 0 Å². The average Bonchev–Trinajstić information content (AvgIpc) is 2.13. The van der Waals surface area contributed by atoms with Crippen LogP contribution >= 0.6 is 15.9 Å². The molecule has 84 valence electrons. The lowest BCUT2D eigenvalue weighted by Gasteiger charge is -2.22. The van der Waals surface area contributed by atoms with E-state index in [1.54, 1.807) is 0 Å². The molecule has 0 heterocycles. The van der Waals surface area contributed by atoms with E-state index in [-0.39, 0.29) is 6.61 Å². The molecule has 1 unspecified atom stereocenters. The zero-order valence-electron chi connectivity index (χ0n) is 9.47. The van der Waals surface area contributed by atoms with Gasteiger partial charge < -0.3 is 10.8 Å². The zero-order valence-corrected chi connectivity index (χ0v) is 11.1. The SMILES string of the molecule is Cc1cc(CC(C)(N)CO)cc(C)c1Br. The number of aliphatic hydroxyl groups is 1. The minimum Gasteiger partial charge on any atom is -0.394 e. The van der Waals surface area contributed by atoms with Gasteiger partial charge in [0.25, 0.3) is 0 Å². The molecule has 0 aromatic heterocycles. The molecule has 0 bridgehead atoms. The fourth-order valence-corrected chi connectivity index (χ4v) is 1.89. The Morgan fingerprint density at radius 2 is 1.80 bits per heavy atom. The summed E-state index contributed by atoms with van der Waals surface area (Å²) in [5.74, 6) is 0. The van der Waals surface area contributed by atoms with Gasteiger partial charge in [0, 0.05) is 10.0 Å². The fraction of sp³-hybridized carbons (Fsp3) is 0.500. The van der Waals surface area contributed by atoms with Gasteiger partial charge in [0.15, 0.2) is 0 Å². The second kappa shape index (κ2) is 4.64. The first kappa shape index (κ1) is 12.7. The molecule has 0 aliphatic rings. The first-order valence-corrected chi connectivity index (χ1v) is 5.80. The van der Waals surface area contributed by atoms with Gasteiger partial charge in [-0.3, -0.25) is 0 Å². The first-order valence-electron chi connectivity index (χ1n) is 5.01. The average molecular weight is 272 g/mol. The third kappa shape index (κ3) is 3.30. The standard InChI is InChI=1S/C12H18BrNO/c1-8-4-10(5-9(2)11(8)13)6-12(3,14)7-15/h4-5,15H,6-7,14H2,1-3H3. The molecule has 3 heteroatoms. The Kier molecular flexibility index (Phi) is 3.93. The van der Waals surface area contributed by atoms with Crippen molar-refractivity contribution in [3.05, 3.63) is 33.3 Å². The summed E-state index contributed by atoms with van der Waals surface area (Å²) in [5.41, 5.74) is 8.98. The molecule has 0 aliphatic carbocycles. The summed E-state index contributed by atoms with van der Waals surface area (Å²) >= 11 is 3.53. The Morgan fingerprint density at radius 1 is 1.33 bits per heavy atom. The second-order valence-corrected chi connectivity index (χ2v) is 5.33. The van der Waals surface area contributed by atoms with E-state index in [0.29, 0.717) is 6.42 Å². The molecule has 0 saturated carbocycles. The fourth-order valence-electron chi connectivity index (χ4n) is 1.66. The summed E-state index contributed by atoms with van der Waals surface area (Å²) in [6, 6.07) is 4.22. The largest absolute Gasteiger partial charge is 0.394 e. The van der Waals surface area contributed by atoms with E-state index >= 15 is 0 Å². The van der Waals surface area contributed by atoms with Gasteiger partial charge >= 0.3 is 0 Å². The normalized spacial score (nSPS) is 15.1. The van der Waals surface area contributed by atoms with Crippen LogP contribution in [-0.4, -0.2) is 17.3 Å². The number of hydrogen-bond donors (Lipinski definition) is 2. The van der Waals surface area contributed by atoms with Crippen molar-refractivity contribution in [3.8, 4) is 0 Å². The molecule has 1 rings (SSSR count). The molecule has 0 spiro atoms. The van der Waals surface area contributed by atoms with Gasteiger partial charge in [-0.2, -0.15) is 0 Å². The molecule has 15 heavy (non-hydrogen) atoms. The smallest absolute Gasteiger partial charge is 0.0611 e. The quantitative estimate of drug-likeness (QED) is 0.887. The third-order valence-corrected chi connectivity index (χ3v) is 3.72. The number of nitrogens with two attached hydrogens (primary N) is 1. The molecule has 0 saturated heterocycles. The molecule has 0 amide bonds. The van der Waals surface area contributed by atoms with Crippen LogP contribution in [0.1, 0.15) is 23.6 Å². The summed E-state index contributed by atoms with van der Waals surface area (Å²) in [6.45, 7) is 5.99. The van der Waals surface area contributed by atoms with Gasteiger partial charge in [-0.25, -0.2) is 0 Å². The Hall–Kier alpha value is -0.380. The number of halogens is 1. The van der Waals surface area contributed by atoms with Crippen LogP contribution in [0.25, 0.3) is 0 Å². The second-order valence-electron chi connectivity index (χ2n) is 4.53. The van der Waals surface area contributed by atoms with Crippen LogP contribution in [0.4, 0.5) is 0 Å². The Morgan fingerprint density at radius 3 is 2.20 bits per heavy atom. The van der Waals surface area contributed by atoms with Crippen LogP contribution in [0, 0.1) is 13.8 Å². The molecule has 1 atom stereocenters. The predicted molar refractivity (Wildman–Crippen MR) is 67.0 cm³/mol. The number of benzene rings is 1. The van der Waals surface area contributed by atoms with Gasteiger partial charge in [-0.1, -0.05) is 28.1 Å². The summed E-state index contributed by atoms with van der Waals surface area (Å²) in [6.07, 6.45) is 0.693. The van der Waals surface area contributed by atoms with E-state index < -0.39 is 5.54 Å².